The number of fused-ring (bicyclic) bond motifs is 1. The first kappa shape index (κ1) is 14.0. The van der Waals surface area contributed by atoms with Crippen molar-refractivity contribution in [3.05, 3.63) is 18.0 Å². The predicted molar refractivity (Wildman–Crippen MR) is 68.5 cm³/mol. The van der Waals surface area contributed by atoms with Crippen LogP contribution in [0.1, 0.15) is 5.82 Å². The maximum absolute atomic E-state index is 12.8. The fraction of sp³-hybridized carbons (Fsp3) is 0.545. The minimum atomic E-state index is -4.58. The van der Waals surface area contributed by atoms with Crippen LogP contribution in [0, 0.1) is 0 Å². The topological polar surface area (TPSA) is 61.6 Å². The normalized spacial score (nSPS) is 18.3. The van der Waals surface area contributed by atoms with Crippen LogP contribution in [0.2, 0.25) is 0 Å². The van der Waals surface area contributed by atoms with Gasteiger partial charge < -0.3 is 10.3 Å². The lowest BCUT2D eigenvalue weighted by molar-refractivity contribution is -0.146. The molecule has 0 aliphatic carbocycles. The Balaban J connectivity index is 1.83. The zero-order valence-corrected chi connectivity index (χ0v) is 11.3. The van der Waals surface area contributed by atoms with E-state index in [1.165, 1.54) is 6.07 Å². The molecular weight excluding hydrogens is 287 g/mol. The maximum atomic E-state index is 12.8. The Kier molecular flexibility index (Phi) is 3.41. The van der Waals surface area contributed by atoms with Gasteiger partial charge in [-0.25, -0.2) is 5.01 Å². The van der Waals surface area contributed by atoms with Gasteiger partial charge in [0.15, 0.2) is 11.5 Å². The van der Waals surface area contributed by atoms with Gasteiger partial charge in [0.2, 0.25) is 0 Å². The molecule has 0 spiro atoms. The number of halogens is 3. The van der Waals surface area contributed by atoms with E-state index < -0.39 is 12.0 Å². The number of hydrogen-bond acceptors (Lipinski definition) is 6. The maximum Gasteiger partial charge on any atom is 0.453 e. The van der Waals surface area contributed by atoms with Crippen molar-refractivity contribution in [2.24, 2.45) is 0 Å². The SMILES string of the molecule is CN1CCN(Nc2ccc3nnc(C(F)(F)F)n3n2)CC1. The van der Waals surface area contributed by atoms with Gasteiger partial charge in [0, 0.05) is 26.2 Å². The molecule has 0 atom stereocenters. The summed E-state index contributed by atoms with van der Waals surface area (Å²) in [6.45, 7) is 3.31. The van der Waals surface area contributed by atoms with Gasteiger partial charge in [0.1, 0.15) is 0 Å². The highest BCUT2D eigenvalue weighted by atomic mass is 19.4. The molecule has 1 aliphatic heterocycles. The molecule has 114 valence electrons. The van der Waals surface area contributed by atoms with Crippen molar-refractivity contribution in [1.82, 2.24) is 29.7 Å². The van der Waals surface area contributed by atoms with Crippen molar-refractivity contribution in [1.29, 1.82) is 0 Å². The molecule has 10 heteroatoms. The van der Waals surface area contributed by atoms with Gasteiger partial charge in [-0.2, -0.15) is 17.7 Å². The number of piperazine rings is 1. The Bertz CT molecular complexity index is 630. The van der Waals surface area contributed by atoms with Crippen molar-refractivity contribution in [3.63, 3.8) is 0 Å². The first-order chi connectivity index (χ1) is 9.93. The molecule has 0 unspecified atom stereocenters. The number of hydrazine groups is 1. The van der Waals surface area contributed by atoms with Gasteiger partial charge in [-0.05, 0) is 19.2 Å². The minimum Gasteiger partial charge on any atom is -0.304 e. The molecule has 1 fully saturated rings. The second-order valence-electron chi connectivity index (χ2n) is 4.91. The van der Waals surface area contributed by atoms with Crippen LogP contribution in [-0.2, 0) is 6.18 Å². The molecule has 2 aromatic heterocycles. The number of anilines is 1. The van der Waals surface area contributed by atoms with E-state index in [2.05, 4.69) is 25.6 Å². The number of hydrogen-bond donors (Lipinski definition) is 1. The van der Waals surface area contributed by atoms with Crippen LogP contribution in [0.5, 0.6) is 0 Å². The molecule has 1 saturated heterocycles. The molecule has 0 radical (unpaired) electrons. The highest BCUT2D eigenvalue weighted by Crippen LogP contribution is 2.27. The number of aromatic nitrogens is 4. The van der Waals surface area contributed by atoms with E-state index in [1.54, 1.807) is 6.07 Å². The molecule has 3 heterocycles. The molecule has 3 rings (SSSR count). The third-order valence-corrected chi connectivity index (χ3v) is 3.29. The van der Waals surface area contributed by atoms with Gasteiger partial charge in [-0.1, -0.05) is 0 Å². The van der Waals surface area contributed by atoms with Crippen molar-refractivity contribution in [2.75, 3.05) is 38.7 Å². The highest BCUT2D eigenvalue weighted by Gasteiger charge is 2.37. The average molecular weight is 301 g/mol. The van der Waals surface area contributed by atoms with E-state index in [0.717, 1.165) is 26.2 Å². The summed E-state index contributed by atoms with van der Waals surface area (Å²) in [5.74, 6) is -0.795. The van der Waals surface area contributed by atoms with E-state index in [1.807, 2.05) is 12.1 Å². The molecule has 2 aromatic rings. The van der Waals surface area contributed by atoms with E-state index in [4.69, 9.17) is 0 Å². The summed E-state index contributed by atoms with van der Waals surface area (Å²) in [7, 11) is 2.02. The Morgan fingerprint density at radius 3 is 2.48 bits per heavy atom. The Labute approximate surface area is 118 Å². The summed E-state index contributed by atoms with van der Waals surface area (Å²) in [6.07, 6.45) is -4.58. The average Bonchev–Trinajstić information content (AvgIpc) is 2.84. The van der Waals surface area contributed by atoms with E-state index in [9.17, 15) is 13.2 Å². The molecular formula is C11H14F3N7. The van der Waals surface area contributed by atoms with Gasteiger partial charge in [-0.3, -0.25) is 0 Å². The van der Waals surface area contributed by atoms with Gasteiger partial charge in [-0.15, -0.1) is 15.3 Å². The van der Waals surface area contributed by atoms with E-state index in [0.29, 0.717) is 10.3 Å². The second kappa shape index (κ2) is 5.11. The first-order valence-corrected chi connectivity index (χ1v) is 6.43. The number of alkyl halides is 3. The van der Waals surface area contributed by atoms with Crippen molar-refractivity contribution in [3.8, 4) is 0 Å². The lowest BCUT2D eigenvalue weighted by Crippen LogP contribution is -2.47. The Morgan fingerprint density at radius 2 is 1.81 bits per heavy atom. The summed E-state index contributed by atoms with van der Waals surface area (Å²) in [4.78, 5) is 2.18. The van der Waals surface area contributed by atoms with Crippen LogP contribution in [-0.4, -0.2) is 62.9 Å². The zero-order chi connectivity index (χ0) is 15.0. The number of nitrogens with zero attached hydrogens (tertiary/aromatic N) is 6. The fourth-order valence-corrected chi connectivity index (χ4v) is 2.11. The van der Waals surface area contributed by atoms with Crippen LogP contribution < -0.4 is 5.43 Å². The summed E-state index contributed by atoms with van der Waals surface area (Å²) < 4.78 is 39.1. The molecule has 0 aromatic carbocycles. The van der Waals surface area contributed by atoms with Crippen LogP contribution in [0.4, 0.5) is 19.0 Å². The smallest absolute Gasteiger partial charge is 0.304 e. The molecule has 1 N–H and O–H groups in total. The molecule has 0 saturated carbocycles. The van der Waals surface area contributed by atoms with Crippen LogP contribution in [0.15, 0.2) is 12.1 Å². The molecule has 1 aliphatic rings. The number of nitrogens with one attached hydrogen (secondary N) is 1. The zero-order valence-electron chi connectivity index (χ0n) is 11.3. The second-order valence-corrected chi connectivity index (χ2v) is 4.91. The van der Waals surface area contributed by atoms with E-state index in [-0.39, 0.29) is 5.65 Å². The van der Waals surface area contributed by atoms with Crippen molar-refractivity contribution >= 4 is 11.5 Å². The third kappa shape index (κ3) is 2.90. The number of likely N-dealkylation sites (N-methyl/N-ethyl adjacent to an activating group) is 1. The Hall–Kier alpha value is -1.94. The molecule has 7 nitrogen and oxygen atoms in total. The molecule has 0 bridgehead atoms. The van der Waals surface area contributed by atoms with Gasteiger partial charge >= 0.3 is 6.18 Å². The summed E-state index contributed by atoms with van der Waals surface area (Å²) >= 11 is 0. The van der Waals surface area contributed by atoms with Gasteiger partial charge in [0.05, 0.1) is 0 Å². The van der Waals surface area contributed by atoms with E-state index >= 15 is 0 Å². The van der Waals surface area contributed by atoms with Crippen LogP contribution in [0.3, 0.4) is 0 Å². The van der Waals surface area contributed by atoms with Crippen LogP contribution >= 0.6 is 0 Å². The lowest BCUT2D eigenvalue weighted by Gasteiger charge is -2.32. The summed E-state index contributed by atoms with van der Waals surface area (Å²) in [5.41, 5.74) is 3.08. The lowest BCUT2D eigenvalue weighted by atomic mass is 10.4. The Morgan fingerprint density at radius 1 is 1.10 bits per heavy atom. The van der Waals surface area contributed by atoms with Crippen molar-refractivity contribution in [2.45, 2.75) is 6.18 Å². The monoisotopic (exact) mass is 301 g/mol. The van der Waals surface area contributed by atoms with Crippen LogP contribution in [0.25, 0.3) is 5.65 Å². The molecule has 0 amide bonds. The standard InChI is InChI=1S/C11H14F3N7/c1-19-4-6-20(7-5-19)17-8-2-3-9-15-16-10(11(12,13)14)21(9)18-8/h2-3H,4-7H2,1H3,(H,17,18). The summed E-state index contributed by atoms with van der Waals surface area (Å²) in [6, 6.07) is 3.04. The number of rotatable bonds is 2. The first-order valence-electron chi connectivity index (χ1n) is 6.43. The third-order valence-electron chi connectivity index (χ3n) is 3.29. The van der Waals surface area contributed by atoms with Crippen molar-refractivity contribution < 1.29 is 13.2 Å². The predicted octanol–water partition coefficient (Wildman–Crippen LogP) is 0.717. The summed E-state index contributed by atoms with van der Waals surface area (Å²) in [5, 5.41) is 12.4. The largest absolute Gasteiger partial charge is 0.453 e. The highest BCUT2D eigenvalue weighted by molar-refractivity contribution is 5.43. The fourth-order valence-electron chi connectivity index (χ4n) is 2.11. The quantitative estimate of drug-likeness (QED) is 0.882. The van der Waals surface area contributed by atoms with Gasteiger partial charge in [0.25, 0.3) is 5.82 Å². The minimum absolute atomic E-state index is 0.0613. The molecule has 21 heavy (non-hydrogen) atoms.